The van der Waals surface area contributed by atoms with E-state index in [2.05, 4.69) is 4.98 Å². The summed E-state index contributed by atoms with van der Waals surface area (Å²) >= 11 is 5.90. The third kappa shape index (κ3) is 1.04. The third-order valence-corrected chi connectivity index (χ3v) is 3.27. The molecule has 3 nitrogen and oxygen atoms in total. The molecule has 1 aliphatic heterocycles. The fourth-order valence-corrected chi connectivity index (χ4v) is 2.17. The number of hydrogen-bond donors (Lipinski definition) is 0. The van der Waals surface area contributed by atoms with E-state index in [1.165, 1.54) is 0 Å². The summed E-state index contributed by atoms with van der Waals surface area (Å²) in [5, 5.41) is 0.634. The summed E-state index contributed by atoms with van der Waals surface area (Å²) in [4.78, 5) is 16.4. The highest BCUT2D eigenvalue weighted by atomic mass is 35.5. The number of benzene rings is 1. The van der Waals surface area contributed by atoms with Crippen molar-refractivity contribution in [2.75, 3.05) is 0 Å². The van der Waals surface area contributed by atoms with E-state index < -0.39 is 0 Å². The van der Waals surface area contributed by atoms with E-state index in [-0.39, 0.29) is 5.91 Å². The molecule has 0 unspecified atom stereocenters. The van der Waals surface area contributed by atoms with Crippen LogP contribution in [0, 0.1) is 0 Å². The van der Waals surface area contributed by atoms with Crippen LogP contribution < -0.4 is 0 Å². The topological polar surface area (TPSA) is 34.9 Å². The van der Waals surface area contributed by atoms with Crippen molar-refractivity contribution in [1.29, 1.82) is 0 Å². The van der Waals surface area contributed by atoms with Gasteiger partial charge in [-0.25, -0.2) is 4.98 Å². The lowest BCUT2D eigenvalue weighted by Crippen LogP contribution is -2.06. The average Bonchev–Trinajstić information content (AvgIpc) is 2.71. The lowest BCUT2D eigenvalue weighted by atomic mass is 10.2. The van der Waals surface area contributed by atoms with Crippen molar-refractivity contribution in [3.05, 3.63) is 34.6 Å². The first kappa shape index (κ1) is 9.60. The Kier molecular flexibility index (Phi) is 1.77. The van der Waals surface area contributed by atoms with Crippen molar-refractivity contribution in [2.24, 2.45) is 0 Å². The Balaban J connectivity index is 2.43. The molecule has 4 heteroatoms. The lowest BCUT2D eigenvalue weighted by molar-refractivity contribution is 0.0966. The number of carbonyl (C=O) groups excluding carboxylic acids is 1. The molecule has 1 aromatic heterocycles. The number of allylic oxidation sites excluding steroid dienone is 2. The summed E-state index contributed by atoms with van der Waals surface area (Å²) in [5.41, 5.74) is 3.29. The van der Waals surface area contributed by atoms with Gasteiger partial charge < -0.3 is 0 Å². The second-order valence-electron chi connectivity index (χ2n) is 3.96. The van der Waals surface area contributed by atoms with Crippen LogP contribution in [0.4, 0.5) is 0 Å². The molecule has 0 fully saturated rings. The van der Waals surface area contributed by atoms with Crippen LogP contribution >= 0.6 is 11.6 Å². The summed E-state index contributed by atoms with van der Waals surface area (Å²) in [5.74, 6) is 0.747. The number of aromatic nitrogens is 2. The molecule has 0 bridgehead atoms. The second-order valence-corrected chi connectivity index (χ2v) is 4.40. The molecular weight excluding hydrogens is 224 g/mol. The molecule has 1 aromatic carbocycles. The molecule has 0 saturated heterocycles. The van der Waals surface area contributed by atoms with E-state index in [0.29, 0.717) is 5.02 Å². The largest absolute Gasteiger partial charge is 0.269 e. The lowest BCUT2D eigenvalue weighted by Gasteiger charge is -1.98. The van der Waals surface area contributed by atoms with Crippen LogP contribution in [0.15, 0.2) is 23.8 Å². The normalized spacial score (nSPS) is 15.1. The third-order valence-electron chi connectivity index (χ3n) is 3.04. The molecule has 0 radical (unpaired) electrons. The van der Waals surface area contributed by atoms with Crippen LogP contribution in [0.1, 0.15) is 24.5 Å². The molecule has 16 heavy (non-hydrogen) atoms. The number of hydrogen-bond acceptors (Lipinski definition) is 2. The average molecular weight is 233 g/mol. The Morgan fingerprint density at radius 2 is 2.00 bits per heavy atom. The molecular formula is C12H9ClN2O. The first-order valence-electron chi connectivity index (χ1n) is 5.00. The molecule has 0 spiro atoms. The highest BCUT2D eigenvalue weighted by Crippen LogP contribution is 2.31. The van der Waals surface area contributed by atoms with E-state index >= 15 is 0 Å². The van der Waals surface area contributed by atoms with Gasteiger partial charge in [-0.3, -0.25) is 9.36 Å². The van der Waals surface area contributed by atoms with Gasteiger partial charge in [0.15, 0.2) is 0 Å². The van der Waals surface area contributed by atoms with Crippen LogP contribution in [0.3, 0.4) is 0 Å². The molecule has 80 valence electrons. The van der Waals surface area contributed by atoms with E-state index in [4.69, 9.17) is 11.6 Å². The van der Waals surface area contributed by atoms with E-state index in [0.717, 1.165) is 28.0 Å². The van der Waals surface area contributed by atoms with Gasteiger partial charge in [-0.15, -0.1) is 0 Å². The number of carbonyl (C=O) groups is 1. The number of fused-ring (bicyclic) bond motifs is 3. The first-order chi connectivity index (χ1) is 7.59. The Labute approximate surface area is 97.3 Å². The van der Waals surface area contributed by atoms with Crippen LogP contribution in [0.25, 0.3) is 16.6 Å². The van der Waals surface area contributed by atoms with E-state index in [9.17, 15) is 4.79 Å². The predicted molar refractivity (Wildman–Crippen MR) is 63.6 cm³/mol. The van der Waals surface area contributed by atoms with Gasteiger partial charge in [0.1, 0.15) is 5.82 Å². The number of imidazole rings is 1. The summed E-state index contributed by atoms with van der Waals surface area (Å²) in [6.45, 7) is 3.74. The Bertz CT molecular complexity index is 667. The van der Waals surface area contributed by atoms with Gasteiger partial charge in [0, 0.05) is 16.2 Å². The smallest absolute Gasteiger partial charge is 0.260 e. The van der Waals surface area contributed by atoms with Crippen molar-refractivity contribution in [2.45, 2.75) is 13.8 Å². The van der Waals surface area contributed by atoms with Crippen LogP contribution in [-0.4, -0.2) is 15.5 Å². The molecule has 0 saturated carbocycles. The highest BCUT2D eigenvalue weighted by molar-refractivity contribution is 6.31. The predicted octanol–water partition coefficient (Wildman–Crippen LogP) is 3.14. The minimum absolute atomic E-state index is 0.0114. The monoisotopic (exact) mass is 232 g/mol. The summed E-state index contributed by atoms with van der Waals surface area (Å²) in [6.07, 6.45) is 0. The van der Waals surface area contributed by atoms with Gasteiger partial charge in [0.05, 0.1) is 11.0 Å². The Hall–Kier alpha value is -1.61. The van der Waals surface area contributed by atoms with Crippen LogP contribution in [0.5, 0.6) is 0 Å². The van der Waals surface area contributed by atoms with Crippen molar-refractivity contribution < 1.29 is 4.79 Å². The zero-order chi connectivity index (χ0) is 11.4. The molecule has 0 N–H and O–H groups in total. The molecule has 0 aliphatic carbocycles. The summed E-state index contributed by atoms with van der Waals surface area (Å²) in [6, 6.07) is 5.38. The minimum Gasteiger partial charge on any atom is -0.269 e. The molecule has 0 amide bonds. The van der Waals surface area contributed by atoms with Crippen LogP contribution in [0.2, 0.25) is 5.02 Å². The standard InChI is InChI=1S/C12H9ClN2O/c1-6-7(2)12(16)15-10-4-3-8(13)5-9(10)14-11(6)15/h3-5H,1-2H3. The molecule has 1 aliphatic rings. The van der Waals surface area contributed by atoms with E-state index in [1.807, 2.05) is 19.9 Å². The molecule has 2 aromatic rings. The SMILES string of the molecule is CC1=C(C)c2nc3cc(Cl)ccc3n2C1=O. The van der Waals surface area contributed by atoms with Gasteiger partial charge in [-0.2, -0.15) is 0 Å². The fraction of sp³-hybridized carbons (Fsp3) is 0.167. The summed E-state index contributed by atoms with van der Waals surface area (Å²) < 4.78 is 1.65. The van der Waals surface area contributed by atoms with Crippen molar-refractivity contribution >= 4 is 34.1 Å². The Morgan fingerprint density at radius 1 is 1.25 bits per heavy atom. The zero-order valence-electron chi connectivity index (χ0n) is 8.91. The zero-order valence-corrected chi connectivity index (χ0v) is 9.67. The number of halogens is 1. The van der Waals surface area contributed by atoms with Gasteiger partial charge in [0.25, 0.3) is 5.91 Å². The molecule has 2 heterocycles. The van der Waals surface area contributed by atoms with Gasteiger partial charge in [-0.1, -0.05) is 11.6 Å². The Morgan fingerprint density at radius 3 is 2.75 bits per heavy atom. The molecule has 3 rings (SSSR count). The van der Waals surface area contributed by atoms with Crippen LogP contribution in [-0.2, 0) is 0 Å². The number of rotatable bonds is 0. The van der Waals surface area contributed by atoms with Crippen molar-refractivity contribution in [3.63, 3.8) is 0 Å². The highest BCUT2D eigenvalue weighted by Gasteiger charge is 2.27. The maximum Gasteiger partial charge on any atom is 0.260 e. The van der Waals surface area contributed by atoms with Gasteiger partial charge >= 0.3 is 0 Å². The maximum absolute atomic E-state index is 12.0. The fourth-order valence-electron chi connectivity index (χ4n) is 2.01. The second kappa shape index (κ2) is 2.95. The van der Waals surface area contributed by atoms with E-state index in [1.54, 1.807) is 16.7 Å². The first-order valence-corrected chi connectivity index (χ1v) is 5.38. The molecule has 0 atom stereocenters. The van der Waals surface area contributed by atoms with Crippen molar-refractivity contribution in [3.8, 4) is 0 Å². The van der Waals surface area contributed by atoms with Crippen molar-refractivity contribution in [1.82, 2.24) is 9.55 Å². The maximum atomic E-state index is 12.0. The quantitative estimate of drug-likeness (QED) is 0.700. The minimum atomic E-state index is 0.0114. The van der Waals surface area contributed by atoms with Gasteiger partial charge in [-0.05, 0) is 32.0 Å². The van der Waals surface area contributed by atoms with Gasteiger partial charge in [0.2, 0.25) is 0 Å². The summed E-state index contributed by atoms with van der Waals surface area (Å²) in [7, 11) is 0. The number of nitrogens with zero attached hydrogens (tertiary/aromatic N) is 2.